The Bertz CT molecular complexity index is 749. The Morgan fingerprint density at radius 1 is 0.962 bits per heavy atom. The Labute approximate surface area is 159 Å². The Hall–Kier alpha value is -2.33. The summed E-state index contributed by atoms with van der Waals surface area (Å²) in [6.45, 7) is 6.21. The average molecular weight is 375 g/mol. The number of rotatable bonds is 8. The molecule has 0 saturated heterocycles. The molecule has 5 heteroatoms. The van der Waals surface area contributed by atoms with Crippen molar-refractivity contribution in [2.45, 2.75) is 27.2 Å². The van der Waals surface area contributed by atoms with Gasteiger partial charge >= 0.3 is 5.97 Å². The van der Waals surface area contributed by atoms with Crippen molar-refractivity contribution >= 4 is 23.4 Å². The fourth-order valence-electron chi connectivity index (χ4n) is 2.32. The van der Waals surface area contributed by atoms with Gasteiger partial charge in [0.05, 0.1) is 18.6 Å². The van der Waals surface area contributed by atoms with Gasteiger partial charge in [0.15, 0.2) is 5.78 Å². The minimum Gasteiger partial charge on any atom is -0.494 e. The van der Waals surface area contributed by atoms with Gasteiger partial charge in [-0.25, -0.2) is 0 Å². The lowest BCUT2D eigenvalue weighted by molar-refractivity contribution is -0.154. The molecule has 2 aromatic carbocycles. The first kappa shape index (κ1) is 20.0. The summed E-state index contributed by atoms with van der Waals surface area (Å²) in [5.41, 5.74) is 0.561. The third-order valence-corrected chi connectivity index (χ3v) is 4.30. The molecule has 0 heterocycles. The summed E-state index contributed by atoms with van der Waals surface area (Å²) in [7, 11) is 0. The van der Waals surface area contributed by atoms with Crippen LogP contribution < -0.4 is 4.74 Å². The molecule has 0 aliphatic heterocycles. The number of halogens is 1. The van der Waals surface area contributed by atoms with E-state index in [1.165, 1.54) is 0 Å². The van der Waals surface area contributed by atoms with Crippen molar-refractivity contribution in [1.82, 2.24) is 0 Å². The van der Waals surface area contributed by atoms with Crippen LogP contribution in [0.4, 0.5) is 0 Å². The van der Waals surface area contributed by atoms with Gasteiger partial charge in [0.25, 0.3) is 0 Å². The van der Waals surface area contributed by atoms with Gasteiger partial charge in [0, 0.05) is 16.1 Å². The van der Waals surface area contributed by atoms with Gasteiger partial charge in [-0.1, -0.05) is 11.6 Å². The molecule has 0 radical (unpaired) electrons. The number of benzene rings is 2. The number of carbonyl (C=O) groups is 2. The van der Waals surface area contributed by atoms with E-state index < -0.39 is 5.41 Å². The Balaban J connectivity index is 1.92. The largest absolute Gasteiger partial charge is 0.494 e. The zero-order valence-electron chi connectivity index (χ0n) is 15.3. The molecular weight excluding hydrogens is 352 g/mol. The predicted molar refractivity (Wildman–Crippen MR) is 102 cm³/mol. The van der Waals surface area contributed by atoms with Crippen LogP contribution in [0.1, 0.15) is 43.1 Å². The Morgan fingerprint density at radius 2 is 1.50 bits per heavy atom. The first-order chi connectivity index (χ1) is 12.3. The number of hydrogen-bond donors (Lipinski definition) is 0. The molecule has 138 valence electrons. The van der Waals surface area contributed by atoms with Crippen LogP contribution >= 0.6 is 11.6 Å². The molecule has 0 fully saturated rings. The molecular formula is C21H23ClO4. The second-order valence-electron chi connectivity index (χ2n) is 6.56. The van der Waals surface area contributed by atoms with Gasteiger partial charge in [-0.15, -0.1) is 0 Å². The molecule has 0 N–H and O–H groups in total. The van der Waals surface area contributed by atoms with Crippen molar-refractivity contribution in [3.8, 4) is 5.75 Å². The average Bonchev–Trinajstić information content (AvgIpc) is 2.62. The highest BCUT2D eigenvalue weighted by Gasteiger charge is 2.28. The smallest absolute Gasteiger partial charge is 0.311 e. The van der Waals surface area contributed by atoms with Gasteiger partial charge < -0.3 is 9.47 Å². The maximum atomic E-state index is 12.4. The molecule has 0 amide bonds. The van der Waals surface area contributed by atoms with E-state index in [1.54, 1.807) is 55.5 Å². The van der Waals surface area contributed by atoms with Crippen molar-refractivity contribution in [1.29, 1.82) is 0 Å². The van der Waals surface area contributed by atoms with Crippen LogP contribution in [0, 0.1) is 5.41 Å². The van der Waals surface area contributed by atoms with Gasteiger partial charge in [-0.05, 0) is 75.7 Å². The van der Waals surface area contributed by atoms with Crippen molar-refractivity contribution in [3.05, 3.63) is 64.7 Å². The van der Waals surface area contributed by atoms with Crippen molar-refractivity contribution in [2.75, 3.05) is 13.2 Å². The standard InChI is InChI=1S/C21H23ClO4/c1-4-25-20(24)21(2,3)13-14-26-18-11-7-16(8-12-18)19(23)15-5-9-17(22)10-6-15/h5-12H,4,13-14H2,1-3H3. The molecule has 0 atom stereocenters. The minimum atomic E-state index is -0.597. The summed E-state index contributed by atoms with van der Waals surface area (Å²) in [4.78, 5) is 24.3. The fraction of sp³-hybridized carbons (Fsp3) is 0.333. The predicted octanol–water partition coefficient (Wildman–Crippen LogP) is 4.93. The lowest BCUT2D eigenvalue weighted by Crippen LogP contribution is -2.28. The summed E-state index contributed by atoms with van der Waals surface area (Å²) in [6, 6.07) is 13.7. The maximum Gasteiger partial charge on any atom is 0.311 e. The van der Waals surface area contributed by atoms with E-state index in [0.717, 1.165) is 0 Å². The third-order valence-electron chi connectivity index (χ3n) is 4.05. The van der Waals surface area contributed by atoms with E-state index in [4.69, 9.17) is 21.1 Å². The first-order valence-corrected chi connectivity index (χ1v) is 8.91. The SMILES string of the molecule is CCOC(=O)C(C)(C)CCOc1ccc(C(=O)c2ccc(Cl)cc2)cc1. The van der Waals surface area contributed by atoms with Gasteiger partial charge in [-0.3, -0.25) is 9.59 Å². The van der Waals surface area contributed by atoms with Crippen molar-refractivity contribution in [3.63, 3.8) is 0 Å². The molecule has 0 bridgehead atoms. The molecule has 0 aliphatic carbocycles. The maximum absolute atomic E-state index is 12.4. The molecule has 0 saturated carbocycles. The van der Waals surface area contributed by atoms with Gasteiger partial charge in [-0.2, -0.15) is 0 Å². The van der Waals surface area contributed by atoms with E-state index in [9.17, 15) is 9.59 Å². The third kappa shape index (κ3) is 5.33. The monoisotopic (exact) mass is 374 g/mol. The van der Waals surface area contributed by atoms with E-state index in [0.29, 0.717) is 41.5 Å². The van der Waals surface area contributed by atoms with Crippen LogP contribution in [0.3, 0.4) is 0 Å². The lowest BCUT2D eigenvalue weighted by atomic mass is 9.90. The summed E-state index contributed by atoms with van der Waals surface area (Å²) in [5.74, 6) is 0.349. The van der Waals surface area contributed by atoms with E-state index in [1.807, 2.05) is 13.8 Å². The molecule has 2 rings (SSSR count). The minimum absolute atomic E-state index is 0.0725. The second kappa shape index (κ2) is 8.86. The fourth-order valence-corrected chi connectivity index (χ4v) is 2.45. The normalized spacial score (nSPS) is 11.1. The number of ether oxygens (including phenoxy) is 2. The zero-order chi connectivity index (χ0) is 19.2. The van der Waals surface area contributed by atoms with Crippen LogP contribution in [0.15, 0.2) is 48.5 Å². The van der Waals surface area contributed by atoms with Gasteiger partial charge in [0.2, 0.25) is 0 Å². The summed E-state index contributed by atoms with van der Waals surface area (Å²) in [5, 5.41) is 0.594. The molecule has 0 spiro atoms. The van der Waals surface area contributed by atoms with E-state index >= 15 is 0 Å². The zero-order valence-corrected chi connectivity index (χ0v) is 16.0. The Kier molecular flexibility index (Phi) is 6.81. The summed E-state index contributed by atoms with van der Waals surface area (Å²) < 4.78 is 10.8. The van der Waals surface area contributed by atoms with Crippen LogP contribution in [-0.4, -0.2) is 25.0 Å². The highest BCUT2D eigenvalue weighted by atomic mass is 35.5. The number of ketones is 1. The van der Waals surface area contributed by atoms with Crippen LogP contribution in [0.2, 0.25) is 5.02 Å². The topological polar surface area (TPSA) is 52.6 Å². The highest BCUT2D eigenvalue weighted by molar-refractivity contribution is 6.30. The molecule has 0 aromatic heterocycles. The second-order valence-corrected chi connectivity index (χ2v) is 7.00. The molecule has 2 aromatic rings. The number of hydrogen-bond acceptors (Lipinski definition) is 4. The van der Waals surface area contributed by atoms with Crippen LogP contribution in [0.25, 0.3) is 0 Å². The molecule has 26 heavy (non-hydrogen) atoms. The summed E-state index contributed by atoms with van der Waals surface area (Å²) >= 11 is 5.84. The number of esters is 1. The number of carbonyl (C=O) groups excluding carboxylic acids is 2. The molecule has 4 nitrogen and oxygen atoms in total. The van der Waals surface area contributed by atoms with Gasteiger partial charge in [0.1, 0.15) is 5.75 Å². The van der Waals surface area contributed by atoms with E-state index in [-0.39, 0.29) is 11.8 Å². The van der Waals surface area contributed by atoms with E-state index in [2.05, 4.69) is 0 Å². The highest BCUT2D eigenvalue weighted by Crippen LogP contribution is 2.23. The van der Waals surface area contributed by atoms with Crippen LogP contribution in [-0.2, 0) is 9.53 Å². The first-order valence-electron chi connectivity index (χ1n) is 8.54. The van der Waals surface area contributed by atoms with Crippen molar-refractivity contribution < 1.29 is 19.1 Å². The lowest BCUT2D eigenvalue weighted by Gasteiger charge is -2.22. The molecule has 0 aliphatic rings. The van der Waals surface area contributed by atoms with Crippen molar-refractivity contribution in [2.24, 2.45) is 5.41 Å². The van der Waals surface area contributed by atoms with Crippen LogP contribution in [0.5, 0.6) is 5.75 Å². The summed E-state index contributed by atoms with van der Waals surface area (Å²) in [6.07, 6.45) is 0.539. The molecule has 0 unspecified atom stereocenters. The quantitative estimate of drug-likeness (QED) is 0.485. The Morgan fingerprint density at radius 3 is 2.04 bits per heavy atom.